The Kier molecular flexibility index (Phi) is 2.02. The summed E-state index contributed by atoms with van der Waals surface area (Å²) < 4.78 is 0. The van der Waals surface area contributed by atoms with E-state index in [0.29, 0.717) is 4.99 Å². The van der Waals surface area contributed by atoms with E-state index in [9.17, 15) is 0 Å². The normalized spacial score (nSPS) is 15.6. The standard InChI is InChI=1S/C10H8N2S/c1-7-9(10(13)12-11-7)8-5-3-2-4-6-8/h2-6H,1H3. The maximum atomic E-state index is 5.08. The van der Waals surface area contributed by atoms with Gasteiger partial charge in [-0.15, -0.1) is 5.11 Å². The van der Waals surface area contributed by atoms with Crippen LogP contribution in [0.25, 0.3) is 5.57 Å². The predicted octanol–water partition coefficient (Wildman–Crippen LogP) is 3.21. The topological polar surface area (TPSA) is 24.7 Å². The SMILES string of the molecule is CC1=C(c2ccccc2)C(=S)N=N1. The average molecular weight is 188 g/mol. The van der Waals surface area contributed by atoms with Gasteiger partial charge in [0, 0.05) is 5.57 Å². The van der Waals surface area contributed by atoms with Crippen molar-refractivity contribution < 1.29 is 0 Å². The molecule has 0 bridgehead atoms. The zero-order chi connectivity index (χ0) is 9.26. The number of hydrogen-bond donors (Lipinski definition) is 0. The van der Waals surface area contributed by atoms with Crippen LogP contribution >= 0.6 is 12.2 Å². The summed E-state index contributed by atoms with van der Waals surface area (Å²) in [5.74, 6) is 0. The molecule has 0 atom stereocenters. The smallest absolute Gasteiger partial charge is 0.154 e. The van der Waals surface area contributed by atoms with Gasteiger partial charge in [-0.2, -0.15) is 5.11 Å². The molecule has 0 spiro atoms. The molecule has 0 unspecified atom stereocenters. The van der Waals surface area contributed by atoms with Crippen molar-refractivity contribution in [1.82, 2.24) is 0 Å². The number of benzene rings is 1. The largest absolute Gasteiger partial charge is 0.158 e. The first-order valence-electron chi connectivity index (χ1n) is 4.01. The minimum atomic E-state index is 0.587. The van der Waals surface area contributed by atoms with E-state index < -0.39 is 0 Å². The molecule has 0 aromatic heterocycles. The van der Waals surface area contributed by atoms with Gasteiger partial charge in [-0.1, -0.05) is 42.5 Å². The van der Waals surface area contributed by atoms with Gasteiger partial charge in [0.15, 0.2) is 4.99 Å². The zero-order valence-corrected chi connectivity index (χ0v) is 8.01. The summed E-state index contributed by atoms with van der Waals surface area (Å²) in [6.07, 6.45) is 0. The highest BCUT2D eigenvalue weighted by molar-refractivity contribution is 7.81. The van der Waals surface area contributed by atoms with Crippen LogP contribution in [0.1, 0.15) is 12.5 Å². The molecule has 1 aromatic rings. The van der Waals surface area contributed by atoms with Gasteiger partial charge < -0.3 is 0 Å². The van der Waals surface area contributed by atoms with Crippen LogP contribution in [0.2, 0.25) is 0 Å². The summed E-state index contributed by atoms with van der Waals surface area (Å²) in [7, 11) is 0. The molecule has 0 saturated heterocycles. The molecule has 0 radical (unpaired) electrons. The Morgan fingerprint density at radius 1 is 1.08 bits per heavy atom. The van der Waals surface area contributed by atoms with Crippen molar-refractivity contribution in [3.05, 3.63) is 41.6 Å². The van der Waals surface area contributed by atoms with Gasteiger partial charge in [0.1, 0.15) is 0 Å². The van der Waals surface area contributed by atoms with Gasteiger partial charge in [0.25, 0.3) is 0 Å². The van der Waals surface area contributed by atoms with E-state index in [1.165, 1.54) is 0 Å². The zero-order valence-electron chi connectivity index (χ0n) is 7.19. The van der Waals surface area contributed by atoms with E-state index in [4.69, 9.17) is 12.2 Å². The Labute approximate surface area is 82.0 Å². The molecule has 3 heteroatoms. The van der Waals surface area contributed by atoms with Crippen LogP contribution in [0.5, 0.6) is 0 Å². The summed E-state index contributed by atoms with van der Waals surface area (Å²) in [6, 6.07) is 9.97. The molecule has 0 aliphatic carbocycles. The Balaban J connectivity index is 2.50. The van der Waals surface area contributed by atoms with Crippen LogP contribution < -0.4 is 0 Å². The lowest BCUT2D eigenvalue weighted by atomic mass is 10.1. The first kappa shape index (κ1) is 8.26. The van der Waals surface area contributed by atoms with E-state index in [-0.39, 0.29) is 0 Å². The molecule has 13 heavy (non-hydrogen) atoms. The third kappa shape index (κ3) is 1.42. The second-order valence-electron chi connectivity index (χ2n) is 2.83. The van der Waals surface area contributed by atoms with Crippen molar-refractivity contribution in [3.63, 3.8) is 0 Å². The lowest BCUT2D eigenvalue weighted by Crippen LogP contribution is -1.91. The van der Waals surface area contributed by atoms with E-state index in [1.54, 1.807) is 0 Å². The number of nitrogens with zero attached hydrogens (tertiary/aromatic N) is 2. The van der Waals surface area contributed by atoms with Crippen LogP contribution in [0.4, 0.5) is 0 Å². The summed E-state index contributed by atoms with van der Waals surface area (Å²) >= 11 is 5.08. The molecule has 1 aliphatic rings. The lowest BCUT2D eigenvalue weighted by Gasteiger charge is -2.00. The number of azo groups is 1. The molecule has 0 N–H and O–H groups in total. The highest BCUT2D eigenvalue weighted by Crippen LogP contribution is 2.26. The molecule has 0 amide bonds. The molecule has 64 valence electrons. The van der Waals surface area contributed by atoms with Crippen molar-refractivity contribution >= 4 is 22.8 Å². The molecule has 1 aliphatic heterocycles. The summed E-state index contributed by atoms with van der Waals surface area (Å²) in [4.78, 5) is 0.587. The van der Waals surface area contributed by atoms with E-state index in [1.807, 2.05) is 37.3 Å². The minimum absolute atomic E-state index is 0.587. The van der Waals surface area contributed by atoms with E-state index in [2.05, 4.69) is 10.2 Å². The van der Waals surface area contributed by atoms with Gasteiger partial charge in [-0.05, 0) is 12.5 Å². The molecule has 1 aromatic carbocycles. The van der Waals surface area contributed by atoms with Crippen molar-refractivity contribution in [2.75, 3.05) is 0 Å². The van der Waals surface area contributed by atoms with Crippen molar-refractivity contribution in [2.24, 2.45) is 10.2 Å². The van der Waals surface area contributed by atoms with Crippen molar-refractivity contribution in [1.29, 1.82) is 0 Å². The fraction of sp³-hybridized carbons (Fsp3) is 0.100. The second kappa shape index (κ2) is 3.18. The molecule has 2 nitrogen and oxygen atoms in total. The first-order valence-corrected chi connectivity index (χ1v) is 4.42. The third-order valence-electron chi connectivity index (χ3n) is 1.93. The van der Waals surface area contributed by atoms with Gasteiger partial charge >= 0.3 is 0 Å². The fourth-order valence-corrected chi connectivity index (χ4v) is 1.62. The lowest BCUT2D eigenvalue weighted by molar-refractivity contribution is 1.21. The highest BCUT2D eigenvalue weighted by Gasteiger charge is 2.15. The van der Waals surface area contributed by atoms with Gasteiger partial charge in [0.05, 0.1) is 5.70 Å². The maximum Gasteiger partial charge on any atom is 0.158 e. The number of rotatable bonds is 1. The minimum Gasteiger partial charge on any atom is -0.154 e. The molecule has 2 rings (SSSR count). The van der Waals surface area contributed by atoms with Gasteiger partial charge in [-0.25, -0.2) is 0 Å². The number of hydrogen-bond acceptors (Lipinski definition) is 2. The average Bonchev–Trinajstić information content (AvgIpc) is 2.48. The Morgan fingerprint density at radius 3 is 2.31 bits per heavy atom. The maximum absolute atomic E-state index is 5.08. The van der Waals surface area contributed by atoms with Crippen molar-refractivity contribution in [2.45, 2.75) is 6.92 Å². The fourth-order valence-electron chi connectivity index (χ4n) is 1.31. The van der Waals surface area contributed by atoms with E-state index in [0.717, 1.165) is 16.8 Å². The first-order chi connectivity index (χ1) is 6.29. The van der Waals surface area contributed by atoms with E-state index >= 15 is 0 Å². The number of allylic oxidation sites excluding steroid dienone is 1. The summed E-state index contributed by atoms with van der Waals surface area (Å²) in [5.41, 5.74) is 2.97. The van der Waals surface area contributed by atoms with Crippen LogP contribution in [-0.4, -0.2) is 4.99 Å². The highest BCUT2D eigenvalue weighted by atomic mass is 32.1. The predicted molar refractivity (Wildman–Crippen MR) is 56.5 cm³/mol. The molecular formula is C10H8N2S. The Bertz CT molecular complexity index is 404. The van der Waals surface area contributed by atoms with Crippen LogP contribution in [0.15, 0.2) is 46.3 Å². The second-order valence-corrected chi connectivity index (χ2v) is 3.22. The summed E-state index contributed by atoms with van der Waals surface area (Å²) in [6.45, 7) is 1.92. The van der Waals surface area contributed by atoms with Gasteiger partial charge in [0.2, 0.25) is 0 Å². The molecule has 0 saturated carbocycles. The van der Waals surface area contributed by atoms with Gasteiger partial charge in [-0.3, -0.25) is 0 Å². The monoisotopic (exact) mass is 188 g/mol. The summed E-state index contributed by atoms with van der Waals surface area (Å²) in [5, 5.41) is 7.80. The van der Waals surface area contributed by atoms with Crippen LogP contribution in [-0.2, 0) is 0 Å². The Hall–Kier alpha value is -1.35. The molecule has 1 heterocycles. The van der Waals surface area contributed by atoms with Crippen LogP contribution in [0, 0.1) is 0 Å². The molecule has 0 fully saturated rings. The molecular weight excluding hydrogens is 180 g/mol. The van der Waals surface area contributed by atoms with Crippen LogP contribution in [0.3, 0.4) is 0 Å². The third-order valence-corrected chi connectivity index (χ3v) is 2.21. The number of thiocarbonyl (C=S) groups is 1. The quantitative estimate of drug-likeness (QED) is 0.621. The van der Waals surface area contributed by atoms with Crippen molar-refractivity contribution in [3.8, 4) is 0 Å². The Morgan fingerprint density at radius 2 is 1.77 bits per heavy atom.